The van der Waals surface area contributed by atoms with E-state index in [1.807, 2.05) is 25.9 Å². The third-order valence-corrected chi connectivity index (χ3v) is 3.90. The second-order valence-corrected chi connectivity index (χ2v) is 6.25. The lowest BCUT2D eigenvalue weighted by molar-refractivity contribution is -0.135. The molecule has 0 aliphatic carbocycles. The first-order valence-electron chi connectivity index (χ1n) is 7.54. The number of aromatic amines is 1. The molecule has 1 aromatic rings. The van der Waals surface area contributed by atoms with E-state index in [0.29, 0.717) is 26.1 Å². The van der Waals surface area contributed by atoms with Gasteiger partial charge in [-0.15, -0.1) is 0 Å². The van der Waals surface area contributed by atoms with E-state index >= 15 is 0 Å². The van der Waals surface area contributed by atoms with Crippen LogP contribution in [-0.2, 0) is 16.1 Å². The summed E-state index contributed by atoms with van der Waals surface area (Å²) in [5.41, 5.74) is 0.974. The normalized spacial score (nSPS) is 18.3. The fourth-order valence-corrected chi connectivity index (χ4v) is 2.64. The van der Waals surface area contributed by atoms with Crippen molar-refractivity contribution in [1.82, 2.24) is 24.7 Å². The van der Waals surface area contributed by atoms with Crippen molar-refractivity contribution in [1.29, 1.82) is 0 Å². The average Bonchev–Trinajstić information content (AvgIpc) is 3.01. The van der Waals surface area contributed by atoms with Crippen molar-refractivity contribution in [2.45, 2.75) is 19.9 Å². The molecule has 0 spiro atoms. The lowest BCUT2D eigenvalue weighted by Crippen LogP contribution is -2.36. The Kier molecular flexibility index (Phi) is 5.18. The molecule has 1 saturated heterocycles. The van der Waals surface area contributed by atoms with Gasteiger partial charge in [-0.25, -0.2) is 4.98 Å². The van der Waals surface area contributed by atoms with E-state index in [2.05, 4.69) is 9.97 Å². The van der Waals surface area contributed by atoms with Crippen molar-refractivity contribution in [3.8, 4) is 0 Å². The molecule has 1 aromatic heterocycles. The van der Waals surface area contributed by atoms with E-state index in [9.17, 15) is 9.59 Å². The maximum atomic E-state index is 12.5. The quantitative estimate of drug-likeness (QED) is 0.808. The van der Waals surface area contributed by atoms with Crippen LogP contribution in [0.2, 0.25) is 0 Å². The molecule has 22 heavy (non-hydrogen) atoms. The lowest BCUT2D eigenvalue weighted by Gasteiger charge is -2.21. The van der Waals surface area contributed by atoms with Crippen LogP contribution >= 0.6 is 0 Å². The summed E-state index contributed by atoms with van der Waals surface area (Å²) in [5.74, 6) is 0.607. The number of rotatable bonds is 6. The zero-order valence-electron chi connectivity index (χ0n) is 13.8. The third-order valence-electron chi connectivity index (χ3n) is 3.90. The predicted octanol–water partition coefficient (Wildman–Crippen LogP) is 0.0866. The zero-order valence-corrected chi connectivity index (χ0v) is 13.8. The number of imidazole rings is 1. The highest BCUT2D eigenvalue weighted by Crippen LogP contribution is 2.20. The smallest absolute Gasteiger partial charge is 0.228 e. The number of carbonyl (C=O) groups excluding carboxylic acids is 2. The van der Waals surface area contributed by atoms with Gasteiger partial charge in [0.1, 0.15) is 5.82 Å². The summed E-state index contributed by atoms with van der Waals surface area (Å²) in [6.45, 7) is 4.38. The molecule has 0 aromatic carbocycles. The first-order valence-corrected chi connectivity index (χ1v) is 7.54. The van der Waals surface area contributed by atoms with Gasteiger partial charge < -0.3 is 19.7 Å². The number of nitrogens with zero attached hydrogens (tertiary/aromatic N) is 4. The molecule has 1 aliphatic rings. The van der Waals surface area contributed by atoms with Gasteiger partial charge in [-0.05, 0) is 21.0 Å². The number of nitrogens with one attached hydrogen (secondary N) is 1. The summed E-state index contributed by atoms with van der Waals surface area (Å²) >= 11 is 0. The van der Waals surface area contributed by atoms with Crippen LogP contribution in [0.5, 0.6) is 0 Å². The van der Waals surface area contributed by atoms with Crippen LogP contribution < -0.4 is 0 Å². The number of aromatic nitrogens is 2. The minimum atomic E-state index is -0.240. The van der Waals surface area contributed by atoms with Gasteiger partial charge in [-0.2, -0.15) is 0 Å². The van der Waals surface area contributed by atoms with Crippen LogP contribution in [0.15, 0.2) is 6.20 Å². The van der Waals surface area contributed by atoms with Gasteiger partial charge in [0.05, 0.1) is 12.5 Å². The maximum absolute atomic E-state index is 12.5. The van der Waals surface area contributed by atoms with Crippen molar-refractivity contribution in [3.05, 3.63) is 17.7 Å². The van der Waals surface area contributed by atoms with Crippen molar-refractivity contribution < 1.29 is 9.59 Å². The molecule has 2 rings (SSSR count). The molecule has 122 valence electrons. The molecule has 1 atom stereocenters. The topological polar surface area (TPSA) is 72.5 Å². The minimum absolute atomic E-state index is 0.00903. The number of hydrogen-bond acceptors (Lipinski definition) is 4. The van der Waals surface area contributed by atoms with Crippen LogP contribution in [0.4, 0.5) is 0 Å². The van der Waals surface area contributed by atoms with E-state index in [4.69, 9.17) is 0 Å². The highest BCUT2D eigenvalue weighted by atomic mass is 16.2. The van der Waals surface area contributed by atoms with Crippen LogP contribution in [0, 0.1) is 12.8 Å². The molecule has 1 N–H and O–H groups in total. The molecule has 7 heteroatoms. The number of likely N-dealkylation sites (N-methyl/N-ethyl adjacent to an activating group) is 1. The minimum Gasteiger partial charge on any atom is -0.345 e. The number of aryl methyl sites for hydroxylation is 1. The standard InChI is InChI=1S/C15H25N5O2/c1-11-8-16-13(17-11)10-19(4)15(22)12-7-14(21)20(9-12)6-5-18(2)3/h8,12H,5-7,9-10H2,1-4H3,(H,16,17)/t12-/m1/s1. The Balaban J connectivity index is 1.88. The first kappa shape index (κ1) is 16.5. The van der Waals surface area contributed by atoms with Gasteiger partial charge in [0.25, 0.3) is 0 Å². The van der Waals surface area contributed by atoms with E-state index in [-0.39, 0.29) is 17.7 Å². The van der Waals surface area contributed by atoms with Gasteiger partial charge >= 0.3 is 0 Å². The van der Waals surface area contributed by atoms with E-state index in [1.54, 1.807) is 23.0 Å². The van der Waals surface area contributed by atoms with Crippen LogP contribution in [0.1, 0.15) is 17.9 Å². The molecule has 1 aliphatic heterocycles. The number of hydrogen-bond donors (Lipinski definition) is 1. The highest BCUT2D eigenvalue weighted by Gasteiger charge is 2.35. The number of H-pyrrole nitrogens is 1. The summed E-state index contributed by atoms with van der Waals surface area (Å²) in [7, 11) is 5.71. The number of carbonyl (C=O) groups is 2. The van der Waals surface area contributed by atoms with Crippen molar-refractivity contribution in [3.63, 3.8) is 0 Å². The number of amides is 2. The average molecular weight is 307 g/mol. The van der Waals surface area contributed by atoms with Crippen LogP contribution in [0.3, 0.4) is 0 Å². The van der Waals surface area contributed by atoms with Crippen LogP contribution in [0.25, 0.3) is 0 Å². The third kappa shape index (κ3) is 4.07. The Morgan fingerprint density at radius 2 is 2.18 bits per heavy atom. The molecular weight excluding hydrogens is 282 g/mol. The molecule has 7 nitrogen and oxygen atoms in total. The van der Waals surface area contributed by atoms with Gasteiger partial charge in [-0.3, -0.25) is 9.59 Å². The summed E-state index contributed by atoms with van der Waals surface area (Å²) in [6, 6.07) is 0. The summed E-state index contributed by atoms with van der Waals surface area (Å²) < 4.78 is 0. The predicted molar refractivity (Wildman–Crippen MR) is 83.0 cm³/mol. The van der Waals surface area contributed by atoms with E-state index in [0.717, 1.165) is 18.1 Å². The SMILES string of the molecule is Cc1cnc(CN(C)C(=O)[C@@H]2CC(=O)N(CCN(C)C)C2)[nH]1. The molecule has 2 amide bonds. The van der Waals surface area contributed by atoms with Crippen molar-refractivity contribution in [2.75, 3.05) is 40.8 Å². The summed E-state index contributed by atoms with van der Waals surface area (Å²) in [5, 5.41) is 0. The largest absolute Gasteiger partial charge is 0.345 e. The van der Waals surface area contributed by atoms with Gasteiger partial charge in [0, 0.05) is 45.0 Å². The van der Waals surface area contributed by atoms with Gasteiger partial charge in [0.2, 0.25) is 11.8 Å². The molecular formula is C15H25N5O2. The lowest BCUT2D eigenvalue weighted by atomic mass is 10.1. The first-order chi connectivity index (χ1) is 10.4. The summed E-state index contributed by atoms with van der Waals surface area (Å²) in [6.07, 6.45) is 2.06. The second kappa shape index (κ2) is 6.91. The molecule has 2 heterocycles. The van der Waals surface area contributed by atoms with Gasteiger partial charge in [-0.1, -0.05) is 0 Å². The Hall–Kier alpha value is -1.89. The monoisotopic (exact) mass is 307 g/mol. The van der Waals surface area contributed by atoms with E-state index in [1.165, 1.54) is 0 Å². The van der Waals surface area contributed by atoms with E-state index < -0.39 is 0 Å². The molecule has 0 bridgehead atoms. The van der Waals surface area contributed by atoms with Gasteiger partial charge in [0.15, 0.2) is 0 Å². The summed E-state index contributed by atoms with van der Waals surface area (Å²) in [4.78, 5) is 37.3. The Labute approximate surface area is 131 Å². The molecule has 0 unspecified atom stereocenters. The Morgan fingerprint density at radius 1 is 1.45 bits per heavy atom. The second-order valence-electron chi connectivity index (χ2n) is 6.25. The Morgan fingerprint density at radius 3 is 2.77 bits per heavy atom. The number of likely N-dealkylation sites (tertiary alicyclic amines) is 1. The van der Waals surface area contributed by atoms with Crippen molar-refractivity contribution in [2.24, 2.45) is 5.92 Å². The van der Waals surface area contributed by atoms with Crippen LogP contribution in [-0.4, -0.2) is 77.3 Å². The van der Waals surface area contributed by atoms with Crippen molar-refractivity contribution >= 4 is 11.8 Å². The highest BCUT2D eigenvalue weighted by molar-refractivity contribution is 5.89. The molecule has 0 radical (unpaired) electrons. The molecule has 1 fully saturated rings. The molecule has 0 saturated carbocycles. The zero-order chi connectivity index (χ0) is 16.3. The fraction of sp³-hybridized carbons (Fsp3) is 0.667. The maximum Gasteiger partial charge on any atom is 0.228 e. The fourth-order valence-electron chi connectivity index (χ4n) is 2.64. The Bertz CT molecular complexity index is 540.